The van der Waals surface area contributed by atoms with Gasteiger partial charge in [0.1, 0.15) is 12.7 Å². The minimum atomic E-state index is -0.955. The van der Waals surface area contributed by atoms with Crippen LogP contribution in [-0.2, 0) is 30.4 Å². The predicted octanol–water partition coefficient (Wildman–Crippen LogP) is 2.49. The summed E-state index contributed by atoms with van der Waals surface area (Å²) in [6.07, 6.45) is -1.40. The lowest BCUT2D eigenvalue weighted by Gasteiger charge is -2.23. The third-order valence-electron chi connectivity index (χ3n) is 3.71. The molecule has 0 radical (unpaired) electrons. The van der Waals surface area contributed by atoms with Crippen LogP contribution < -0.4 is 0 Å². The summed E-state index contributed by atoms with van der Waals surface area (Å²) < 4.78 is 15.5. The summed E-state index contributed by atoms with van der Waals surface area (Å²) >= 11 is 0. The maximum atomic E-state index is 12.4. The summed E-state index contributed by atoms with van der Waals surface area (Å²) in [4.78, 5) is 37.3. The van der Waals surface area contributed by atoms with E-state index in [1.54, 1.807) is 27.7 Å². The Labute approximate surface area is 146 Å². The number of esters is 2. The highest BCUT2D eigenvalue weighted by molar-refractivity contribution is 5.85. The van der Waals surface area contributed by atoms with Gasteiger partial charge in [0, 0.05) is 0 Å². The molecule has 1 aliphatic heterocycles. The highest BCUT2D eigenvalue weighted by Gasteiger charge is 2.45. The van der Waals surface area contributed by atoms with Crippen molar-refractivity contribution >= 4 is 18.0 Å². The van der Waals surface area contributed by atoms with Crippen molar-refractivity contribution in [3.05, 3.63) is 35.9 Å². The number of amides is 1. The maximum Gasteiger partial charge on any atom is 0.413 e. The maximum absolute atomic E-state index is 12.4. The van der Waals surface area contributed by atoms with Crippen molar-refractivity contribution in [1.82, 2.24) is 4.90 Å². The van der Waals surface area contributed by atoms with Crippen molar-refractivity contribution in [3.8, 4) is 0 Å². The summed E-state index contributed by atoms with van der Waals surface area (Å²) in [6.45, 7) is 6.43. The van der Waals surface area contributed by atoms with Crippen molar-refractivity contribution < 1.29 is 28.6 Å². The number of hydrogen-bond acceptors (Lipinski definition) is 6. The molecule has 1 amide bonds. The van der Waals surface area contributed by atoms with E-state index < -0.39 is 35.6 Å². The van der Waals surface area contributed by atoms with Gasteiger partial charge in [-0.25, -0.2) is 9.59 Å². The van der Waals surface area contributed by atoms with Crippen LogP contribution >= 0.6 is 0 Å². The number of nitrogens with zero attached hydrogens (tertiary/aromatic N) is 1. The number of rotatable bonds is 5. The molecule has 1 heterocycles. The Morgan fingerprint density at radius 3 is 2.40 bits per heavy atom. The molecule has 1 fully saturated rings. The fourth-order valence-corrected chi connectivity index (χ4v) is 2.27. The molecule has 136 valence electrons. The molecule has 0 bridgehead atoms. The lowest BCUT2D eigenvalue weighted by atomic mass is 9.97. The molecule has 0 N–H and O–H groups in total. The minimum absolute atomic E-state index is 0.0900. The van der Waals surface area contributed by atoms with Gasteiger partial charge in [-0.2, -0.15) is 0 Å². The Morgan fingerprint density at radius 2 is 1.80 bits per heavy atom. The second-order valence-electron chi connectivity index (χ2n) is 6.91. The topological polar surface area (TPSA) is 82.1 Å². The fourth-order valence-electron chi connectivity index (χ4n) is 2.27. The Bertz CT molecular complexity index is 637. The van der Waals surface area contributed by atoms with Crippen LogP contribution in [0.25, 0.3) is 0 Å². The molecule has 1 aromatic rings. The van der Waals surface area contributed by atoms with Crippen LogP contribution in [-0.4, -0.2) is 41.8 Å². The number of carbonyl (C=O) groups excluding carboxylic acids is 3. The van der Waals surface area contributed by atoms with Gasteiger partial charge >= 0.3 is 18.0 Å². The molecule has 0 saturated carbocycles. The Hall–Kier alpha value is -2.57. The first-order valence-electron chi connectivity index (χ1n) is 8.05. The predicted molar refractivity (Wildman–Crippen MR) is 88.2 cm³/mol. The number of ether oxygens (including phenoxy) is 3. The van der Waals surface area contributed by atoms with E-state index in [1.165, 1.54) is 0 Å². The first-order chi connectivity index (χ1) is 11.7. The zero-order valence-electron chi connectivity index (χ0n) is 14.9. The van der Waals surface area contributed by atoms with Crippen LogP contribution in [0.1, 0.15) is 33.3 Å². The molecular formula is C18H23NO6. The highest BCUT2D eigenvalue weighted by Crippen LogP contribution is 2.22. The van der Waals surface area contributed by atoms with E-state index in [1.807, 2.05) is 30.3 Å². The highest BCUT2D eigenvalue weighted by atomic mass is 16.6. The summed E-state index contributed by atoms with van der Waals surface area (Å²) in [5.41, 5.74) is 0.123. The molecular weight excluding hydrogens is 326 g/mol. The molecule has 7 heteroatoms. The van der Waals surface area contributed by atoms with Gasteiger partial charge in [0.2, 0.25) is 0 Å². The van der Waals surface area contributed by atoms with Crippen LogP contribution in [0.15, 0.2) is 30.3 Å². The van der Waals surface area contributed by atoms with Crippen LogP contribution in [0.5, 0.6) is 0 Å². The van der Waals surface area contributed by atoms with Gasteiger partial charge in [0.25, 0.3) is 0 Å². The van der Waals surface area contributed by atoms with E-state index >= 15 is 0 Å². The van der Waals surface area contributed by atoms with Crippen LogP contribution in [0, 0.1) is 5.41 Å². The van der Waals surface area contributed by atoms with Crippen molar-refractivity contribution in [2.75, 3.05) is 6.73 Å². The van der Waals surface area contributed by atoms with Crippen LogP contribution in [0.4, 0.5) is 4.79 Å². The van der Waals surface area contributed by atoms with E-state index in [4.69, 9.17) is 14.2 Å². The van der Waals surface area contributed by atoms with Gasteiger partial charge in [0.05, 0.1) is 5.41 Å². The van der Waals surface area contributed by atoms with Gasteiger partial charge < -0.3 is 14.2 Å². The number of benzene rings is 1. The molecule has 1 saturated heterocycles. The number of cyclic esters (lactones) is 1. The van der Waals surface area contributed by atoms with Gasteiger partial charge in [-0.3, -0.25) is 9.69 Å². The molecule has 2 rings (SSSR count). The molecule has 1 aliphatic rings. The van der Waals surface area contributed by atoms with E-state index in [9.17, 15) is 14.4 Å². The van der Waals surface area contributed by atoms with E-state index in [0.29, 0.717) is 0 Å². The zero-order chi connectivity index (χ0) is 18.6. The summed E-state index contributed by atoms with van der Waals surface area (Å²) in [7, 11) is 0. The van der Waals surface area contributed by atoms with Gasteiger partial charge in [-0.05, 0) is 33.3 Å². The summed E-state index contributed by atoms with van der Waals surface area (Å²) in [6, 6.07) is 8.25. The Kier molecular flexibility index (Phi) is 5.66. The zero-order valence-corrected chi connectivity index (χ0v) is 14.9. The van der Waals surface area contributed by atoms with E-state index in [-0.39, 0.29) is 13.3 Å². The van der Waals surface area contributed by atoms with E-state index in [2.05, 4.69) is 0 Å². The average Bonchev–Trinajstić information content (AvgIpc) is 2.84. The largest absolute Gasteiger partial charge is 0.459 e. The third-order valence-corrected chi connectivity index (χ3v) is 3.71. The minimum Gasteiger partial charge on any atom is -0.459 e. The van der Waals surface area contributed by atoms with E-state index in [0.717, 1.165) is 10.5 Å². The normalized spacial score (nSPS) is 20.2. The van der Waals surface area contributed by atoms with Crippen molar-refractivity contribution in [1.29, 1.82) is 0 Å². The fraction of sp³-hybridized carbons (Fsp3) is 0.500. The Morgan fingerprint density at radius 1 is 1.16 bits per heavy atom. The monoisotopic (exact) mass is 349 g/mol. The molecule has 0 spiro atoms. The van der Waals surface area contributed by atoms with Gasteiger partial charge in [-0.15, -0.1) is 0 Å². The quantitative estimate of drug-likeness (QED) is 0.600. The average molecular weight is 349 g/mol. The summed E-state index contributed by atoms with van der Waals surface area (Å²) in [5, 5.41) is 0. The SMILES string of the molecule is C[C@@H]1OC(=O)N(COC(=O)C(C)(C)C)[C@@H]1C(=O)OCc1ccccc1. The van der Waals surface area contributed by atoms with Crippen LogP contribution in [0.3, 0.4) is 0 Å². The lowest BCUT2D eigenvalue weighted by molar-refractivity contribution is -0.161. The molecule has 7 nitrogen and oxygen atoms in total. The molecule has 0 aliphatic carbocycles. The van der Waals surface area contributed by atoms with Gasteiger partial charge in [-0.1, -0.05) is 30.3 Å². The van der Waals surface area contributed by atoms with Crippen molar-refractivity contribution in [3.63, 3.8) is 0 Å². The Balaban J connectivity index is 1.99. The molecule has 0 aromatic heterocycles. The summed E-state index contributed by atoms with van der Waals surface area (Å²) in [5.74, 6) is -1.08. The molecule has 0 unspecified atom stereocenters. The first kappa shape index (κ1) is 18.8. The second kappa shape index (κ2) is 7.55. The third kappa shape index (κ3) is 4.71. The standard InChI is InChI=1S/C18H23NO6/c1-12-14(15(20)23-10-13-8-6-5-7-9-13)19(17(22)25-12)11-24-16(21)18(2,3)4/h5-9,12,14H,10-11H2,1-4H3/t12-,14-/m0/s1. The van der Waals surface area contributed by atoms with Gasteiger partial charge in [0.15, 0.2) is 12.8 Å². The number of carbonyl (C=O) groups is 3. The molecule has 2 atom stereocenters. The van der Waals surface area contributed by atoms with Crippen molar-refractivity contribution in [2.24, 2.45) is 5.41 Å². The van der Waals surface area contributed by atoms with Crippen LogP contribution in [0.2, 0.25) is 0 Å². The van der Waals surface area contributed by atoms with Crippen molar-refractivity contribution in [2.45, 2.75) is 46.4 Å². The first-order valence-corrected chi connectivity index (χ1v) is 8.05. The second-order valence-corrected chi connectivity index (χ2v) is 6.91. The smallest absolute Gasteiger partial charge is 0.413 e. The molecule has 25 heavy (non-hydrogen) atoms. The molecule has 1 aromatic carbocycles. The number of hydrogen-bond donors (Lipinski definition) is 0. The lowest BCUT2D eigenvalue weighted by Crippen LogP contribution is -2.45.